The second-order valence-electron chi connectivity index (χ2n) is 1.98. The highest BCUT2D eigenvalue weighted by atomic mass is 16.5. The number of hydrazone groups is 1. The number of cyclic esters (lactones) is 1. The Hall–Kier alpha value is -1.57. The van der Waals surface area contributed by atoms with Crippen LogP contribution in [-0.2, 0) is 9.53 Å². The van der Waals surface area contributed by atoms with E-state index in [-0.39, 0.29) is 12.5 Å². The van der Waals surface area contributed by atoms with E-state index in [2.05, 4.69) is 9.84 Å². The zero-order valence-electron chi connectivity index (χ0n) is 5.86. The lowest BCUT2D eigenvalue weighted by Crippen LogP contribution is -2.36. The van der Waals surface area contributed by atoms with Gasteiger partial charge in [-0.25, -0.2) is 0 Å². The van der Waals surface area contributed by atoms with Gasteiger partial charge in [-0.1, -0.05) is 0 Å². The van der Waals surface area contributed by atoms with Gasteiger partial charge in [0.15, 0.2) is 0 Å². The number of carbonyl (C=O) groups is 1. The number of hydrogen-bond donors (Lipinski definition) is 0. The van der Waals surface area contributed by atoms with Gasteiger partial charge in [0.05, 0.1) is 6.54 Å². The third-order valence-electron chi connectivity index (χ3n) is 1.20. The summed E-state index contributed by atoms with van der Waals surface area (Å²) < 4.78 is 4.65. The Bertz CT molecular complexity index is 218. The third kappa shape index (κ3) is 2.26. The molecular weight excluding hydrogens is 146 g/mol. The van der Waals surface area contributed by atoms with Crippen molar-refractivity contribution in [2.75, 3.05) is 19.7 Å². The Labute approximate surface area is 63.9 Å². The number of rotatable bonds is 1. The van der Waals surface area contributed by atoms with E-state index >= 15 is 0 Å². The molecule has 0 bridgehead atoms. The Morgan fingerprint density at radius 2 is 2.64 bits per heavy atom. The molecule has 58 valence electrons. The molecule has 0 aromatic carbocycles. The van der Waals surface area contributed by atoms with E-state index in [9.17, 15) is 4.79 Å². The molecule has 0 amide bonds. The van der Waals surface area contributed by atoms with Crippen LogP contribution in [0.3, 0.4) is 0 Å². The molecule has 0 radical (unpaired) electrons. The van der Waals surface area contributed by atoms with Crippen molar-refractivity contribution in [3.63, 3.8) is 0 Å². The fourth-order valence-electron chi connectivity index (χ4n) is 0.745. The molecule has 1 aliphatic heterocycles. The fraction of sp³-hybridized carbons (Fsp3) is 0.500. The fourth-order valence-corrected chi connectivity index (χ4v) is 0.745. The first-order chi connectivity index (χ1) is 5.33. The second-order valence-corrected chi connectivity index (χ2v) is 1.98. The van der Waals surface area contributed by atoms with Crippen LogP contribution in [0.15, 0.2) is 5.10 Å². The van der Waals surface area contributed by atoms with Crippen molar-refractivity contribution in [3.8, 4) is 6.07 Å². The Kier molecular flexibility index (Phi) is 2.44. The quantitative estimate of drug-likeness (QED) is 0.371. The first-order valence-corrected chi connectivity index (χ1v) is 3.15. The Morgan fingerprint density at radius 1 is 1.82 bits per heavy atom. The molecule has 0 aromatic heterocycles. The summed E-state index contributed by atoms with van der Waals surface area (Å²) in [5.74, 6) is -0.300. The maximum absolute atomic E-state index is 10.6. The molecule has 5 heteroatoms. The van der Waals surface area contributed by atoms with Crippen molar-refractivity contribution < 1.29 is 9.53 Å². The number of nitrogens with zero attached hydrogens (tertiary/aromatic N) is 3. The first kappa shape index (κ1) is 7.54. The Morgan fingerprint density at radius 3 is 3.27 bits per heavy atom. The summed E-state index contributed by atoms with van der Waals surface area (Å²) in [6.07, 6.45) is 1.10. The molecule has 5 nitrogen and oxygen atoms in total. The Balaban J connectivity index is 2.41. The zero-order chi connectivity index (χ0) is 8.10. The van der Waals surface area contributed by atoms with Crippen LogP contribution in [-0.4, -0.2) is 36.9 Å². The summed E-state index contributed by atoms with van der Waals surface area (Å²) >= 11 is 0. The van der Waals surface area contributed by atoms with Crippen molar-refractivity contribution in [2.24, 2.45) is 5.10 Å². The SMILES string of the molecule is N#C/C=N\N1CCOC(=O)C1. The van der Waals surface area contributed by atoms with E-state index in [1.807, 2.05) is 0 Å². The third-order valence-corrected chi connectivity index (χ3v) is 1.20. The second kappa shape index (κ2) is 3.56. The molecule has 0 atom stereocenters. The lowest BCUT2D eigenvalue weighted by molar-refractivity contribution is -0.150. The largest absolute Gasteiger partial charge is 0.462 e. The highest BCUT2D eigenvalue weighted by Gasteiger charge is 2.14. The molecule has 0 saturated carbocycles. The van der Waals surface area contributed by atoms with Gasteiger partial charge in [0.25, 0.3) is 0 Å². The van der Waals surface area contributed by atoms with Crippen LogP contribution < -0.4 is 0 Å². The number of nitriles is 1. The number of morpholine rings is 1. The van der Waals surface area contributed by atoms with Crippen LogP contribution >= 0.6 is 0 Å². The van der Waals surface area contributed by atoms with Crippen LogP contribution in [0, 0.1) is 11.3 Å². The average molecular weight is 153 g/mol. The smallest absolute Gasteiger partial charge is 0.327 e. The van der Waals surface area contributed by atoms with Crippen molar-refractivity contribution >= 4 is 12.2 Å². The summed E-state index contributed by atoms with van der Waals surface area (Å²) in [6, 6.07) is 1.74. The van der Waals surface area contributed by atoms with Crippen molar-refractivity contribution in [1.82, 2.24) is 5.01 Å². The van der Waals surface area contributed by atoms with E-state index in [1.165, 1.54) is 5.01 Å². The lowest BCUT2D eigenvalue weighted by atomic mass is 10.5. The molecular formula is C6H7N3O2. The summed E-state index contributed by atoms with van der Waals surface area (Å²) in [5.41, 5.74) is 0. The van der Waals surface area contributed by atoms with Crippen LogP contribution in [0.25, 0.3) is 0 Å². The zero-order valence-corrected chi connectivity index (χ0v) is 5.86. The predicted octanol–water partition coefficient (Wildman–Crippen LogP) is -0.645. The number of ether oxygens (including phenoxy) is 1. The van der Waals surface area contributed by atoms with Crippen molar-refractivity contribution in [1.29, 1.82) is 5.26 Å². The van der Waals surface area contributed by atoms with Gasteiger partial charge in [-0.2, -0.15) is 10.4 Å². The molecule has 11 heavy (non-hydrogen) atoms. The van der Waals surface area contributed by atoms with Gasteiger partial charge in [0.1, 0.15) is 25.4 Å². The summed E-state index contributed by atoms with van der Waals surface area (Å²) in [7, 11) is 0. The van der Waals surface area contributed by atoms with E-state index < -0.39 is 0 Å². The van der Waals surface area contributed by atoms with Crippen molar-refractivity contribution in [2.45, 2.75) is 0 Å². The minimum absolute atomic E-state index is 0.137. The predicted molar refractivity (Wildman–Crippen MR) is 36.6 cm³/mol. The molecule has 0 N–H and O–H groups in total. The molecule has 1 fully saturated rings. The van der Waals surface area contributed by atoms with Gasteiger partial charge < -0.3 is 4.74 Å². The molecule has 1 saturated heterocycles. The number of carbonyl (C=O) groups excluding carboxylic acids is 1. The topological polar surface area (TPSA) is 65.7 Å². The first-order valence-electron chi connectivity index (χ1n) is 3.15. The maximum Gasteiger partial charge on any atom is 0.327 e. The van der Waals surface area contributed by atoms with Crippen LogP contribution in [0.4, 0.5) is 0 Å². The highest BCUT2D eigenvalue weighted by molar-refractivity contribution is 5.75. The normalized spacial score (nSPS) is 18.1. The highest BCUT2D eigenvalue weighted by Crippen LogP contribution is 1.97. The van der Waals surface area contributed by atoms with Gasteiger partial charge in [-0.15, -0.1) is 0 Å². The lowest BCUT2D eigenvalue weighted by Gasteiger charge is -2.21. The van der Waals surface area contributed by atoms with Gasteiger partial charge in [-0.3, -0.25) is 9.80 Å². The maximum atomic E-state index is 10.6. The summed E-state index contributed by atoms with van der Waals surface area (Å²) in [6.45, 7) is 1.05. The molecule has 0 aromatic rings. The summed E-state index contributed by atoms with van der Waals surface area (Å²) in [4.78, 5) is 10.6. The monoisotopic (exact) mass is 153 g/mol. The van der Waals surface area contributed by atoms with Gasteiger partial charge in [-0.05, 0) is 0 Å². The molecule has 0 aliphatic carbocycles. The van der Waals surface area contributed by atoms with E-state index in [0.717, 1.165) is 6.21 Å². The molecule has 0 spiro atoms. The van der Waals surface area contributed by atoms with Gasteiger partial charge >= 0.3 is 5.97 Å². The number of hydrogen-bond acceptors (Lipinski definition) is 5. The van der Waals surface area contributed by atoms with Crippen molar-refractivity contribution in [3.05, 3.63) is 0 Å². The standard InChI is InChI=1S/C6H7N3O2/c7-1-2-8-9-3-4-11-6(10)5-9/h2H,3-5H2/b8-2-. The minimum Gasteiger partial charge on any atom is -0.462 e. The molecule has 1 aliphatic rings. The minimum atomic E-state index is -0.300. The van der Waals surface area contributed by atoms with Gasteiger partial charge in [0.2, 0.25) is 0 Å². The van der Waals surface area contributed by atoms with Gasteiger partial charge in [0, 0.05) is 0 Å². The molecule has 1 rings (SSSR count). The van der Waals surface area contributed by atoms with E-state index in [0.29, 0.717) is 13.2 Å². The van der Waals surface area contributed by atoms with E-state index in [1.54, 1.807) is 6.07 Å². The van der Waals surface area contributed by atoms with E-state index in [4.69, 9.17) is 5.26 Å². The number of esters is 1. The molecule has 1 heterocycles. The summed E-state index contributed by atoms with van der Waals surface area (Å²) in [5, 5.41) is 13.3. The van der Waals surface area contributed by atoms with Crippen LogP contribution in [0.1, 0.15) is 0 Å². The van der Waals surface area contributed by atoms with Crippen LogP contribution in [0.5, 0.6) is 0 Å². The molecule has 0 unspecified atom stereocenters. The average Bonchev–Trinajstić information content (AvgIpc) is 2.01. The van der Waals surface area contributed by atoms with Crippen LogP contribution in [0.2, 0.25) is 0 Å².